The van der Waals surface area contributed by atoms with Crippen LogP contribution in [0.15, 0.2) is 18.2 Å². The van der Waals surface area contributed by atoms with Crippen molar-refractivity contribution in [1.82, 2.24) is 0 Å². The molecule has 2 rings (SSSR count). The van der Waals surface area contributed by atoms with E-state index in [0.717, 1.165) is 17.7 Å². The van der Waals surface area contributed by atoms with E-state index >= 15 is 0 Å². The molecule has 70 valence electrons. The Bertz CT molecular complexity index is 325. The molecule has 1 aliphatic heterocycles. The van der Waals surface area contributed by atoms with Gasteiger partial charge in [-0.05, 0) is 31.0 Å². The van der Waals surface area contributed by atoms with Gasteiger partial charge in [-0.25, -0.2) is 4.39 Å². The lowest BCUT2D eigenvalue weighted by Gasteiger charge is -2.11. The van der Waals surface area contributed by atoms with E-state index in [9.17, 15) is 4.39 Å². The van der Waals surface area contributed by atoms with Gasteiger partial charge in [-0.3, -0.25) is 0 Å². The molecule has 0 aliphatic carbocycles. The summed E-state index contributed by atoms with van der Waals surface area (Å²) < 4.78 is 13.0. The van der Waals surface area contributed by atoms with Crippen LogP contribution in [0.1, 0.15) is 12.5 Å². The van der Waals surface area contributed by atoms with Gasteiger partial charge in [0.2, 0.25) is 0 Å². The van der Waals surface area contributed by atoms with E-state index in [1.54, 1.807) is 6.92 Å². The Kier molecular flexibility index (Phi) is 2.16. The molecule has 13 heavy (non-hydrogen) atoms. The average Bonchev–Trinajstić information content (AvgIpc) is 2.46. The van der Waals surface area contributed by atoms with E-state index in [2.05, 4.69) is 5.32 Å². The second-order valence-electron chi connectivity index (χ2n) is 3.43. The maximum Gasteiger partial charge on any atom is 0.118 e. The van der Waals surface area contributed by atoms with Gasteiger partial charge >= 0.3 is 0 Å². The summed E-state index contributed by atoms with van der Waals surface area (Å²) in [6.45, 7) is 1.57. The van der Waals surface area contributed by atoms with Crippen LogP contribution in [0.2, 0.25) is 5.02 Å². The quantitative estimate of drug-likeness (QED) is 0.733. The first kappa shape index (κ1) is 8.82. The lowest BCUT2D eigenvalue weighted by molar-refractivity contribution is 0.322. The molecule has 1 N–H and O–H groups in total. The van der Waals surface area contributed by atoms with E-state index in [4.69, 9.17) is 11.6 Å². The van der Waals surface area contributed by atoms with E-state index < -0.39 is 6.17 Å². The van der Waals surface area contributed by atoms with Crippen molar-refractivity contribution in [3.8, 4) is 0 Å². The Hall–Kier alpha value is -0.760. The molecular formula is C10H11ClFN. The maximum absolute atomic E-state index is 13.0. The normalized spacial score (nSPS) is 22.2. The van der Waals surface area contributed by atoms with E-state index in [0.29, 0.717) is 5.02 Å². The van der Waals surface area contributed by atoms with Crippen LogP contribution in [-0.4, -0.2) is 12.2 Å². The summed E-state index contributed by atoms with van der Waals surface area (Å²) in [7, 11) is 0. The second-order valence-corrected chi connectivity index (χ2v) is 3.87. The first-order chi connectivity index (χ1) is 6.16. The summed E-state index contributed by atoms with van der Waals surface area (Å²) in [5.74, 6) is 0. The smallest absolute Gasteiger partial charge is 0.118 e. The number of nitrogens with one attached hydrogen (secondary N) is 1. The Balaban J connectivity index is 2.25. The van der Waals surface area contributed by atoms with E-state index in [1.807, 2.05) is 18.2 Å². The van der Waals surface area contributed by atoms with Crippen molar-refractivity contribution in [1.29, 1.82) is 0 Å². The van der Waals surface area contributed by atoms with Crippen molar-refractivity contribution in [2.45, 2.75) is 25.6 Å². The topological polar surface area (TPSA) is 12.0 Å². The Morgan fingerprint density at radius 3 is 3.08 bits per heavy atom. The minimum Gasteiger partial charge on any atom is -0.379 e. The van der Waals surface area contributed by atoms with Gasteiger partial charge in [-0.2, -0.15) is 0 Å². The molecule has 0 bridgehead atoms. The van der Waals surface area contributed by atoms with Crippen LogP contribution in [0.5, 0.6) is 0 Å². The molecule has 0 amide bonds. The molecule has 0 aromatic heterocycles. The fraction of sp³-hybridized carbons (Fsp3) is 0.400. The van der Waals surface area contributed by atoms with Gasteiger partial charge in [0.1, 0.15) is 6.17 Å². The van der Waals surface area contributed by atoms with Crippen LogP contribution < -0.4 is 5.32 Å². The minimum absolute atomic E-state index is 0.0894. The third kappa shape index (κ3) is 1.63. The van der Waals surface area contributed by atoms with Gasteiger partial charge < -0.3 is 5.32 Å². The van der Waals surface area contributed by atoms with Crippen LogP contribution in [0.3, 0.4) is 0 Å². The van der Waals surface area contributed by atoms with Crippen molar-refractivity contribution in [2.75, 3.05) is 5.32 Å². The van der Waals surface area contributed by atoms with Crippen LogP contribution in [-0.2, 0) is 6.42 Å². The summed E-state index contributed by atoms with van der Waals surface area (Å²) in [5, 5.41) is 3.81. The molecule has 0 spiro atoms. The van der Waals surface area contributed by atoms with Gasteiger partial charge in [0.15, 0.2) is 0 Å². The molecule has 0 saturated carbocycles. The first-order valence-corrected chi connectivity index (χ1v) is 4.73. The minimum atomic E-state index is -0.828. The molecule has 1 nitrogen and oxygen atoms in total. The highest BCUT2D eigenvalue weighted by atomic mass is 35.5. The van der Waals surface area contributed by atoms with Gasteiger partial charge in [-0.15, -0.1) is 0 Å². The van der Waals surface area contributed by atoms with Crippen LogP contribution in [0.4, 0.5) is 10.1 Å². The molecule has 2 unspecified atom stereocenters. The van der Waals surface area contributed by atoms with E-state index in [-0.39, 0.29) is 6.04 Å². The Labute approximate surface area is 81.9 Å². The SMILES string of the molecule is CC(F)C1Cc2ccc(Cl)cc2N1. The number of hydrogen-bond donors (Lipinski definition) is 1. The zero-order chi connectivity index (χ0) is 9.42. The Morgan fingerprint density at radius 2 is 2.38 bits per heavy atom. The first-order valence-electron chi connectivity index (χ1n) is 4.36. The molecule has 2 atom stereocenters. The van der Waals surface area contributed by atoms with Gasteiger partial charge in [0.05, 0.1) is 6.04 Å². The van der Waals surface area contributed by atoms with Crippen molar-refractivity contribution < 1.29 is 4.39 Å². The van der Waals surface area contributed by atoms with Gasteiger partial charge in [0, 0.05) is 10.7 Å². The summed E-state index contributed by atoms with van der Waals surface area (Å²) in [6, 6.07) is 5.55. The predicted octanol–water partition coefficient (Wildman–Crippen LogP) is 3.03. The number of halogens is 2. The lowest BCUT2D eigenvalue weighted by atomic mass is 10.1. The highest BCUT2D eigenvalue weighted by Crippen LogP contribution is 2.30. The third-order valence-corrected chi connectivity index (χ3v) is 2.64. The number of hydrogen-bond acceptors (Lipinski definition) is 1. The fourth-order valence-corrected chi connectivity index (χ4v) is 1.80. The van der Waals surface area contributed by atoms with Crippen LogP contribution in [0, 0.1) is 0 Å². The lowest BCUT2D eigenvalue weighted by Crippen LogP contribution is -2.25. The van der Waals surface area contributed by atoms with Gasteiger partial charge in [-0.1, -0.05) is 17.7 Å². The highest BCUT2D eigenvalue weighted by Gasteiger charge is 2.24. The number of alkyl halides is 1. The van der Waals surface area contributed by atoms with Crippen LogP contribution in [0.25, 0.3) is 0 Å². The number of fused-ring (bicyclic) bond motifs is 1. The molecule has 0 saturated heterocycles. The summed E-state index contributed by atoms with van der Waals surface area (Å²) >= 11 is 5.82. The molecule has 1 aliphatic rings. The summed E-state index contributed by atoms with van der Waals surface area (Å²) in [6.07, 6.45) is -0.0735. The summed E-state index contributed by atoms with van der Waals surface area (Å²) in [4.78, 5) is 0. The molecular weight excluding hydrogens is 189 g/mol. The Morgan fingerprint density at radius 1 is 1.62 bits per heavy atom. The standard InChI is InChI=1S/C10H11ClFN/c1-6(12)9-4-7-2-3-8(11)5-10(7)13-9/h2-3,5-6,9,13H,4H2,1H3. The molecule has 1 aromatic carbocycles. The van der Waals surface area contributed by atoms with Crippen molar-refractivity contribution in [3.63, 3.8) is 0 Å². The van der Waals surface area contributed by atoms with Crippen LogP contribution >= 0.6 is 11.6 Å². The van der Waals surface area contributed by atoms with Crippen molar-refractivity contribution >= 4 is 17.3 Å². The number of rotatable bonds is 1. The van der Waals surface area contributed by atoms with Crippen molar-refractivity contribution in [3.05, 3.63) is 28.8 Å². The third-order valence-electron chi connectivity index (χ3n) is 2.41. The number of benzene rings is 1. The molecule has 0 fully saturated rings. The van der Waals surface area contributed by atoms with Crippen molar-refractivity contribution in [2.24, 2.45) is 0 Å². The molecule has 1 heterocycles. The second kappa shape index (κ2) is 3.18. The van der Waals surface area contributed by atoms with Gasteiger partial charge in [0.25, 0.3) is 0 Å². The fourth-order valence-electron chi connectivity index (χ4n) is 1.63. The monoisotopic (exact) mass is 199 g/mol. The van der Waals surface area contributed by atoms with E-state index in [1.165, 1.54) is 0 Å². The molecule has 1 aromatic rings. The zero-order valence-corrected chi connectivity index (χ0v) is 8.11. The highest BCUT2D eigenvalue weighted by molar-refractivity contribution is 6.30. The maximum atomic E-state index is 13.0. The zero-order valence-electron chi connectivity index (χ0n) is 7.35. The molecule has 0 radical (unpaired) electrons. The summed E-state index contributed by atoms with van der Waals surface area (Å²) in [5.41, 5.74) is 2.13. The predicted molar refractivity (Wildman–Crippen MR) is 53.1 cm³/mol. The average molecular weight is 200 g/mol. The molecule has 3 heteroatoms. The number of anilines is 1. The largest absolute Gasteiger partial charge is 0.379 e.